The molecule has 0 spiro atoms. The lowest BCUT2D eigenvalue weighted by molar-refractivity contribution is -0.130. The molecule has 0 aromatic rings. The number of phosphoric acid groups is 1. The van der Waals surface area contributed by atoms with E-state index in [-0.39, 0.29) is 5.78 Å². The van der Waals surface area contributed by atoms with E-state index in [1.54, 1.807) is 13.8 Å². The van der Waals surface area contributed by atoms with Crippen molar-refractivity contribution < 1.29 is 23.7 Å². The van der Waals surface area contributed by atoms with Gasteiger partial charge in [0.15, 0.2) is 5.78 Å². The number of hydrogen-bond donors (Lipinski definition) is 2. The van der Waals surface area contributed by atoms with Crippen LogP contribution in [0.3, 0.4) is 0 Å². The molecule has 0 rings (SSSR count). The van der Waals surface area contributed by atoms with Crippen LogP contribution in [0.1, 0.15) is 40.0 Å². The molecule has 90 valence electrons. The number of hydrogen-bond acceptors (Lipinski definition) is 3. The van der Waals surface area contributed by atoms with Gasteiger partial charge in [0.05, 0.1) is 0 Å². The maximum Gasteiger partial charge on any atom is 0.470 e. The highest BCUT2D eigenvalue weighted by atomic mass is 31.2. The summed E-state index contributed by atoms with van der Waals surface area (Å²) in [6.07, 6.45) is 2.59. The summed E-state index contributed by atoms with van der Waals surface area (Å²) in [5, 5.41) is 0. The van der Waals surface area contributed by atoms with E-state index in [2.05, 4.69) is 4.52 Å². The minimum atomic E-state index is -4.54. The lowest BCUT2D eigenvalue weighted by atomic mass is 9.83. The summed E-state index contributed by atoms with van der Waals surface area (Å²) in [5.41, 5.74) is -0.578. The van der Waals surface area contributed by atoms with Gasteiger partial charge >= 0.3 is 7.82 Å². The van der Waals surface area contributed by atoms with Crippen molar-refractivity contribution in [2.45, 2.75) is 40.0 Å². The predicted octanol–water partition coefficient (Wildman–Crippen LogP) is 1.88. The van der Waals surface area contributed by atoms with Crippen LogP contribution in [0, 0.1) is 5.41 Å². The number of rotatable bonds is 7. The van der Waals surface area contributed by atoms with Gasteiger partial charge in [0, 0.05) is 5.41 Å². The Morgan fingerprint density at radius 3 is 2.33 bits per heavy atom. The summed E-state index contributed by atoms with van der Waals surface area (Å²) in [5.74, 6) is -0.278. The van der Waals surface area contributed by atoms with Gasteiger partial charge in [-0.2, -0.15) is 0 Å². The third-order valence-electron chi connectivity index (χ3n) is 2.27. The summed E-state index contributed by atoms with van der Waals surface area (Å²) >= 11 is 0. The highest BCUT2D eigenvalue weighted by molar-refractivity contribution is 7.46. The molecule has 0 aliphatic rings. The number of ketones is 1. The minimum Gasteiger partial charge on any atom is -0.303 e. The Labute approximate surface area is 90.1 Å². The Kier molecular flexibility index (Phi) is 5.67. The number of phosphoric ester groups is 1. The van der Waals surface area contributed by atoms with Gasteiger partial charge in [-0.3, -0.25) is 9.32 Å². The number of unbranched alkanes of at least 4 members (excludes halogenated alkanes) is 1. The van der Waals surface area contributed by atoms with Crippen LogP contribution in [-0.4, -0.2) is 22.2 Å². The third-order valence-corrected chi connectivity index (χ3v) is 2.74. The normalized spacial score (nSPS) is 12.9. The standard InChI is InChI=1S/C9H19O5P/c1-4-5-6-9(2,3)8(10)7-14-15(11,12)13/h4-7H2,1-3H3,(H2,11,12,13). The first-order valence-corrected chi connectivity index (χ1v) is 6.45. The zero-order valence-electron chi connectivity index (χ0n) is 9.39. The van der Waals surface area contributed by atoms with E-state index in [4.69, 9.17) is 9.79 Å². The van der Waals surface area contributed by atoms with Gasteiger partial charge in [-0.1, -0.05) is 33.6 Å². The monoisotopic (exact) mass is 238 g/mol. The molecule has 0 amide bonds. The molecule has 5 nitrogen and oxygen atoms in total. The molecule has 0 unspecified atom stereocenters. The average molecular weight is 238 g/mol. The molecule has 0 aromatic heterocycles. The van der Waals surface area contributed by atoms with E-state index in [1.807, 2.05) is 6.92 Å². The maximum atomic E-state index is 11.5. The van der Waals surface area contributed by atoms with Crippen LogP contribution >= 0.6 is 7.82 Å². The zero-order valence-corrected chi connectivity index (χ0v) is 10.3. The molecule has 0 heterocycles. The second-order valence-corrected chi connectivity index (χ2v) is 5.41. The summed E-state index contributed by atoms with van der Waals surface area (Å²) < 4.78 is 14.6. The number of carbonyl (C=O) groups excluding carboxylic acids is 1. The van der Waals surface area contributed by atoms with Gasteiger partial charge in [-0.15, -0.1) is 0 Å². The molecule has 0 fully saturated rings. The van der Waals surface area contributed by atoms with Crippen molar-refractivity contribution in [2.75, 3.05) is 6.61 Å². The molecule has 0 aromatic carbocycles. The van der Waals surface area contributed by atoms with Gasteiger partial charge < -0.3 is 9.79 Å². The molecule has 0 aliphatic carbocycles. The summed E-state index contributed by atoms with van der Waals surface area (Å²) in [6.45, 7) is 5.01. The molecule has 0 aliphatic heterocycles. The number of carbonyl (C=O) groups is 1. The van der Waals surface area contributed by atoms with Crippen molar-refractivity contribution in [3.63, 3.8) is 0 Å². The van der Waals surface area contributed by atoms with E-state index < -0.39 is 19.8 Å². The van der Waals surface area contributed by atoms with Gasteiger partial charge in [0.2, 0.25) is 0 Å². The average Bonchev–Trinajstić information content (AvgIpc) is 2.09. The molecule has 0 saturated carbocycles. The van der Waals surface area contributed by atoms with Crippen LogP contribution in [0.25, 0.3) is 0 Å². The summed E-state index contributed by atoms with van der Waals surface area (Å²) in [4.78, 5) is 28.4. The summed E-state index contributed by atoms with van der Waals surface area (Å²) in [7, 11) is -4.54. The smallest absolute Gasteiger partial charge is 0.303 e. The highest BCUT2D eigenvalue weighted by Crippen LogP contribution is 2.36. The van der Waals surface area contributed by atoms with Crippen LogP contribution in [0.15, 0.2) is 0 Å². The maximum absolute atomic E-state index is 11.5. The van der Waals surface area contributed by atoms with E-state index in [1.165, 1.54) is 0 Å². The molecule has 0 saturated heterocycles. The molecule has 0 bridgehead atoms. The van der Waals surface area contributed by atoms with Crippen molar-refractivity contribution in [1.82, 2.24) is 0 Å². The predicted molar refractivity (Wildman–Crippen MR) is 56.3 cm³/mol. The fourth-order valence-corrected chi connectivity index (χ4v) is 1.38. The molecule has 0 radical (unpaired) electrons. The van der Waals surface area contributed by atoms with Crippen LogP contribution in [-0.2, 0) is 13.9 Å². The zero-order chi connectivity index (χ0) is 12.1. The third kappa shape index (κ3) is 6.79. The molecular weight excluding hydrogens is 219 g/mol. The van der Waals surface area contributed by atoms with E-state index in [0.29, 0.717) is 6.42 Å². The Morgan fingerprint density at radius 2 is 1.93 bits per heavy atom. The van der Waals surface area contributed by atoms with Crippen LogP contribution < -0.4 is 0 Å². The van der Waals surface area contributed by atoms with Crippen molar-refractivity contribution in [3.8, 4) is 0 Å². The molecule has 15 heavy (non-hydrogen) atoms. The first-order chi connectivity index (χ1) is 6.69. The van der Waals surface area contributed by atoms with E-state index >= 15 is 0 Å². The van der Waals surface area contributed by atoms with Gasteiger partial charge in [-0.05, 0) is 6.42 Å². The van der Waals surface area contributed by atoms with Crippen LogP contribution in [0.2, 0.25) is 0 Å². The van der Waals surface area contributed by atoms with Crippen molar-refractivity contribution in [3.05, 3.63) is 0 Å². The highest BCUT2D eigenvalue weighted by Gasteiger charge is 2.28. The fourth-order valence-electron chi connectivity index (χ4n) is 1.10. The Balaban J connectivity index is 4.13. The molecule has 2 N–H and O–H groups in total. The minimum absolute atomic E-state index is 0.278. The SMILES string of the molecule is CCCCC(C)(C)C(=O)COP(=O)(O)O. The fraction of sp³-hybridized carbons (Fsp3) is 0.889. The van der Waals surface area contributed by atoms with Crippen molar-refractivity contribution >= 4 is 13.6 Å². The first kappa shape index (κ1) is 14.8. The molecular formula is C9H19O5P. The number of Topliss-reactive ketones (excluding diaryl/α,β-unsaturated/α-hetero) is 1. The Morgan fingerprint density at radius 1 is 1.40 bits per heavy atom. The second-order valence-electron chi connectivity index (χ2n) is 4.17. The van der Waals surface area contributed by atoms with Gasteiger partial charge in [0.1, 0.15) is 6.61 Å². The second kappa shape index (κ2) is 5.75. The van der Waals surface area contributed by atoms with E-state index in [0.717, 1.165) is 12.8 Å². The van der Waals surface area contributed by atoms with Crippen molar-refractivity contribution in [2.24, 2.45) is 5.41 Å². The first-order valence-electron chi connectivity index (χ1n) is 4.92. The van der Waals surface area contributed by atoms with Crippen LogP contribution in [0.5, 0.6) is 0 Å². The van der Waals surface area contributed by atoms with Gasteiger partial charge in [0.25, 0.3) is 0 Å². The van der Waals surface area contributed by atoms with Crippen LogP contribution in [0.4, 0.5) is 0 Å². The Bertz CT molecular complexity index is 255. The molecule has 0 atom stereocenters. The van der Waals surface area contributed by atoms with E-state index in [9.17, 15) is 9.36 Å². The largest absolute Gasteiger partial charge is 0.470 e. The molecule has 6 heteroatoms. The topological polar surface area (TPSA) is 83.8 Å². The summed E-state index contributed by atoms with van der Waals surface area (Å²) in [6, 6.07) is 0. The lowest BCUT2D eigenvalue weighted by Crippen LogP contribution is -2.27. The van der Waals surface area contributed by atoms with Crippen molar-refractivity contribution in [1.29, 1.82) is 0 Å². The lowest BCUT2D eigenvalue weighted by Gasteiger charge is -2.22. The Hall–Kier alpha value is -0.220. The van der Waals surface area contributed by atoms with Gasteiger partial charge in [-0.25, -0.2) is 4.57 Å². The quantitative estimate of drug-likeness (QED) is 0.661.